The number of allylic oxidation sites excluding steroid dienone is 1. The minimum Gasteiger partial charge on any atom is -0.404 e. The molecule has 7 nitrogen and oxygen atoms in total. The molecule has 2 amide bonds. The quantitative estimate of drug-likeness (QED) is 0.525. The van der Waals surface area contributed by atoms with Crippen molar-refractivity contribution < 1.29 is 4.79 Å². The van der Waals surface area contributed by atoms with Crippen molar-refractivity contribution in [3.8, 4) is 0 Å². The highest BCUT2D eigenvalue weighted by Gasteiger charge is 2.23. The van der Waals surface area contributed by atoms with Gasteiger partial charge in [0.25, 0.3) is 0 Å². The standard InChI is InChI=1S/C21H20N6O/c22-10-15(11-23)14-9-19-18(24-12-14)7-8-20(25-19)27-21(28)26-17-6-5-13-3-1-2-4-16(13)17/h1-4,7-12,17,22H,5-6,23H2,(H2,25,26,27,28)/b15-11+,22-10?/t17-/m0/s1. The lowest BCUT2D eigenvalue weighted by atomic mass is 10.1. The van der Waals surface area contributed by atoms with E-state index in [1.807, 2.05) is 12.1 Å². The van der Waals surface area contributed by atoms with Crippen LogP contribution in [0.3, 0.4) is 0 Å². The van der Waals surface area contributed by atoms with Crippen LogP contribution in [0.5, 0.6) is 0 Å². The van der Waals surface area contributed by atoms with Crippen LogP contribution in [0.25, 0.3) is 16.6 Å². The predicted octanol–water partition coefficient (Wildman–Crippen LogP) is 3.39. The van der Waals surface area contributed by atoms with Gasteiger partial charge in [0.2, 0.25) is 0 Å². The highest BCUT2D eigenvalue weighted by atomic mass is 16.2. The molecule has 0 spiro atoms. The molecule has 5 N–H and O–H groups in total. The van der Waals surface area contributed by atoms with Crippen LogP contribution < -0.4 is 16.4 Å². The van der Waals surface area contributed by atoms with E-state index in [1.165, 1.54) is 17.3 Å². The molecule has 0 unspecified atom stereocenters. The van der Waals surface area contributed by atoms with Crippen molar-refractivity contribution in [1.82, 2.24) is 15.3 Å². The first-order chi connectivity index (χ1) is 13.7. The van der Waals surface area contributed by atoms with Gasteiger partial charge < -0.3 is 16.5 Å². The second-order valence-corrected chi connectivity index (χ2v) is 6.61. The average Bonchev–Trinajstić information content (AvgIpc) is 3.11. The Hall–Kier alpha value is -3.74. The lowest BCUT2D eigenvalue weighted by Crippen LogP contribution is -2.31. The number of urea groups is 1. The topological polar surface area (TPSA) is 117 Å². The van der Waals surface area contributed by atoms with Gasteiger partial charge in [-0.1, -0.05) is 24.3 Å². The molecule has 1 aliphatic rings. The summed E-state index contributed by atoms with van der Waals surface area (Å²) in [6.07, 6.45) is 6.02. The molecule has 0 saturated heterocycles. The van der Waals surface area contributed by atoms with E-state index in [1.54, 1.807) is 24.4 Å². The third-order valence-electron chi connectivity index (χ3n) is 4.89. The first-order valence-corrected chi connectivity index (χ1v) is 9.03. The number of rotatable bonds is 4. The molecule has 2 heterocycles. The molecular weight excluding hydrogens is 352 g/mol. The van der Waals surface area contributed by atoms with Gasteiger partial charge in [-0.3, -0.25) is 10.3 Å². The molecule has 7 heteroatoms. The van der Waals surface area contributed by atoms with E-state index >= 15 is 0 Å². The summed E-state index contributed by atoms with van der Waals surface area (Å²) >= 11 is 0. The number of amides is 2. The van der Waals surface area contributed by atoms with Crippen molar-refractivity contribution in [3.05, 3.63) is 71.6 Å². The van der Waals surface area contributed by atoms with Crippen LogP contribution >= 0.6 is 0 Å². The van der Waals surface area contributed by atoms with E-state index in [0.717, 1.165) is 19.1 Å². The Morgan fingerprint density at radius 2 is 2.07 bits per heavy atom. The maximum absolute atomic E-state index is 12.4. The number of nitrogens with zero attached hydrogens (tertiary/aromatic N) is 2. The molecule has 0 radical (unpaired) electrons. The van der Waals surface area contributed by atoms with E-state index in [-0.39, 0.29) is 12.1 Å². The number of anilines is 1. The summed E-state index contributed by atoms with van der Waals surface area (Å²) in [5.41, 5.74) is 10.5. The maximum Gasteiger partial charge on any atom is 0.320 e. The Morgan fingerprint density at radius 3 is 2.89 bits per heavy atom. The number of fused-ring (bicyclic) bond motifs is 2. The van der Waals surface area contributed by atoms with Crippen molar-refractivity contribution in [2.45, 2.75) is 18.9 Å². The molecule has 1 aromatic carbocycles. The SMILES string of the molecule is N=C/C(=C\N)c1cnc2ccc(NC(=O)N[C@H]3CCc4ccccc43)nc2c1. The maximum atomic E-state index is 12.4. The number of benzene rings is 1. The molecule has 28 heavy (non-hydrogen) atoms. The zero-order chi connectivity index (χ0) is 19.5. The number of nitrogens with one attached hydrogen (secondary N) is 3. The van der Waals surface area contributed by atoms with E-state index < -0.39 is 0 Å². The van der Waals surface area contributed by atoms with Gasteiger partial charge in [0, 0.05) is 29.7 Å². The van der Waals surface area contributed by atoms with Crippen molar-refractivity contribution in [2.75, 3.05) is 5.32 Å². The number of aryl methyl sites for hydroxylation is 1. The summed E-state index contributed by atoms with van der Waals surface area (Å²) in [7, 11) is 0. The van der Waals surface area contributed by atoms with Crippen molar-refractivity contribution in [2.24, 2.45) is 5.73 Å². The van der Waals surface area contributed by atoms with Crippen molar-refractivity contribution in [3.63, 3.8) is 0 Å². The first-order valence-electron chi connectivity index (χ1n) is 9.03. The fraction of sp³-hybridized carbons (Fsp3) is 0.143. The predicted molar refractivity (Wildman–Crippen MR) is 110 cm³/mol. The number of hydrogen-bond donors (Lipinski definition) is 4. The molecular formula is C21H20N6O. The Kier molecular flexibility index (Phi) is 4.72. The van der Waals surface area contributed by atoms with Gasteiger partial charge >= 0.3 is 6.03 Å². The molecule has 4 rings (SSSR count). The van der Waals surface area contributed by atoms with Gasteiger partial charge in [-0.2, -0.15) is 0 Å². The normalized spacial score (nSPS) is 15.9. The van der Waals surface area contributed by atoms with Crippen LogP contribution in [-0.2, 0) is 6.42 Å². The lowest BCUT2D eigenvalue weighted by Gasteiger charge is -2.14. The van der Waals surface area contributed by atoms with Crippen LogP contribution in [0.2, 0.25) is 0 Å². The summed E-state index contributed by atoms with van der Waals surface area (Å²) in [5.74, 6) is 0.434. The van der Waals surface area contributed by atoms with E-state index in [9.17, 15) is 4.79 Å². The number of nitrogens with two attached hydrogens (primary N) is 1. The Balaban J connectivity index is 1.51. The summed E-state index contributed by atoms with van der Waals surface area (Å²) < 4.78 is 0. The molecule has 0 aliphatic heterocycles. The largest absolute Gasteiger partial charge is 0.404 e. The zero-order valence-electron chi connectivity index (χ0n) is 15.1. The fourth-order valence-electron chi connectivity index (χ4n) is 3.48. The molecule has 0 saturated carbocycles. The van der Waals surface area contributed by atoms with Crippen LogP contribution in [-0.4, -0.2) is 22.2 Å². The molecule has 3 aromatic rings. The molecule has 0 bridgehead atoms. The first kappa shape index (κ1) is 17.7. The highest BCUT2D eigenvalue weighted by molar-refractivity contribution is 6.08. The summed E-state index contributed by atoms with van der Waals surface area (Å²) in [4.78, 5) is 21.3. The second kappa shape index (κ2) is 7.48. The number of hydrogen-bond acceptors (Lipinski definition) is 5. The summed E-state index contributed by atoms with van der Waals surface area (Å²) in [6.45, 7) is 0. The third-order valence-corrected chi connectivity index (χ3v) is 4.89. The molecule has 140 valence electrons. The smallest absolute Gasteiger partial charge is 0.320 e. The van der Waals surface area contributed by atoms with Crippen molar-refractivity contribution in [1.29, 1.82) is 5.41 Å². The molecule has 1 aliphatic carbocycles. The fourth-order valence-corrected chi connectivity index (χ4v) is 3.48. The Morgan fingerprint density at radius 1 is 1.21 bits per heavy atom. The van der Waals surface area contributed by atoms with Gasteiger partial charge in [0.05, 0.1) is 17.1 Å². The summed E-state index contributed by atoms with van der Waals surface area (Å²) in [6, 6.07) is 13.2. The van der Waals surface area contributed by atoms with Crippen LogP contribution in [0, 0.1) is 5.41 Å². The number of aromatic nitrogens is 2. The number of pyridine rings is 2. The molecule has 0 fully saturated rings. The number of carbonyl (C=O) groups is 1. The Bertz CT molecular complexity index is 1090. The molecule has 1 atom stereocenters. The van der Waals surface area contributed by atoms with E-state index in [0.29, 0.717) is 28.0 Å². The molecule has 2 aromatic heterocycles. The van der Waals surface area contributed by atoms with Crippen LogP contribution in [0.15, 0.2) is 54.9 Å². The third kappa shape index (κ3) is 3.42. The van der Waals surface area contributed by atoms with Crippen LogP contribution in [0.1, 0.15) is 29.2 Å². The monoisotopic (exact) mass is 372 g/mol. The average molecular weight is 372 g/mol. The zero-order valence-corrected chi connectivity index (χ0v) is 15.1. The second-order valence-electron chi connectivity index (χ2n) is 6.61. The van der Waals surface area contributed by atoms with Gasteiger partial charge in [-0.25, -0.2) is 9.78 Å². The minimum absolute atomic E-state index is 0.00904. The van der Waals surface area contributed by atoms with E-state index in [2.05, 4.69) is 32.7 Å². The van der Waals surface area contributed by atoms with Gasteiger partial charge in [-0.05, 0) is 42.2 Å². The van der Waals surface area contributed by atoms with E-state index in [4.69, 9.17) is 11.1 Å². The van der Waals surface area contributed by atoms with Gasteiger partial charge in [0.1, 0.15) is 5.82 Å². The number of carbonyl (C=O) groups excluding carboxylic acids is 1. The van der Waals surface area contributed by atoms with Crippen LogP contribution in [0.4, 0.5) is 10.6 Å². The van der Waals surface area contributed by atoms with Gasteiger partial charge in [-0.15, -0.1) is 0 Å². The van der Waals surface area contributed by atoms with Gasteiger partial charge in [0.15, 0.2) is 0 Å². The Labute approximate surface area is 162 Å². The van der Waals surface area contributed by atoms with Crippen molar-refractivity contribution >= 4 is 34.7 Å². The minimum atomic E-state index is -0.292. The highest BCUT2D eigenvalue weighted by Crippen LogP contribution is 2.30. The summed E-state index contributed by atoms with van der Waals surface area (Å²) in [5, 5.41) is 13.2. The lowest BCUT2D eigenvalue weighted by molar-refractivity contribution is 0.248.